The van der Waals surface area contributed by atoms with E-state index in [0.717, 1.165) is 48.1 Å². The van der Waals surface area contributed by atoms with E-state index in [0.29, 0.717) is 11.7 Å². The van der Waals surface area contributed by atoms with Crippen molar-refractivity contribution in [3.63, 3.8) is 0 Å². The van der Waals surface area contributed by atoms with E-state index in [1.807, 2.05) is 62.1 Å². The predicted molar refractivity (Wildman–Crippen MR) is 130 cm³/mol. The lowest BCUT2D eigenvalue weighted by Crippen LogP contribution is -2.45. The second-order valence-electron chi connectivity index (χ2n) is 9.94. The predicted octanol–water partition coefficient (Wildman–Crippen LogP) is 5.72. The number of esters is 1. The first-order chi connectivity index (χ1) is 15.8. The largest absolute Gasteiger partial charge is 0.496 e. The molecule has 1 aliphatic carbocycles. The Labute approximate surface area is 196 Å². The van der Waals surface area contributed by atoms with Gasteiger partial charge in [0.05, 0.1) is 19.9 Å². The molecular weight excluding hydrogens is 414 g/mol. The average Bonchev–Trinajstić information content (AvgIpc) is 3.14. The van der Waals surface area contributed by atoms with Gasteiger partial charge in [0.2, 0.25) is 5.91 Å². The molecule has 1 saturated carbocycles. The van der Waals surface area contributed by atoms with Crippen molar-refractivity contribution in [2.45, 2.75) is 58.4 Å². The maximum Gasteiger partial charge on any atom is 0.331 e. The molecule has 2 aromatic rings. The third-order valence-electron chi connectivity index (χ3n) is 6.77. The van der Waals surface area contributed by atoms with E-state index >= 15 is 0 Å². The number of carbonyl (C=O) groups is 2. The van der Waals surface area contributed by atoms with Gasteiger partial charge in [-0.1, -0.05) is 63.9 Å². The fourth-order valence-corrected chi connectivity index (χ4v) is 5.17. The molecule has 0 spiro atoms. The SMILES string of the molecule is COC(=O)/C=C(\c1ccccc1)c1cc2c(cc1OC)N(C(=O)C(C)(C)C)[C@H]1CCCC[C@@H]21. The zero-order chi connectivity index (χ0) is 23.8. The molecule has 2 aliphatic rings. The van der Waals surface area contributed by atoms with Crippen molar-refractivity contribution in [2.24, 2.45) is 5.41 Å². The second kappa shape index (κ2) is 9.05. The number of ether oxygens (including phenoxy) is 2. The number of anilines is 1. The minimum absolute atomic E-state index is 0.140. The number of benzene rings is 2. The van der Waals surface area contributed by atoms with Crippen LogP contribution < -0.4 is 9.64 Å². The van der Waals surface area contributed by atoms with E-state index in [9.17, 15) is 9.59 Å². The minimum Gasteiger partial charge on any atom is -0.496 e. The lowest BCUT2D eigenvalue weighted by atomic mass is 9.81. The third-order valence-corrected chi connectivity index (χ3v) is 6.77. The van der Waals surface area contributed by atoms with Crippen molar-refractivity contribution in [1.29, 1.82) is 0 Å². The van der Waals surface area contributed by atoms with Crippen LogP contribution in [0.1, 0.15) is 69.1 Å². The first kappa shape index (κ1) is 23.1. The van der Waals surface area contributed by atoms with Crippen LogP contribution in [0, 0.1) is 5.41 Å². The Hall–Kier alpha value is -3.08. The molecule has 1 heterocycles. The van der Waals surface area contributed by atoms with Gasteiger partial charge in [0, 0.05) is 35.1 Å². The van der Waals surface area contributed by atoms with Gasteiger partial charge < -0.3 is 14.4 Å². The highest BCUT2D eigenvalue weighted by Crippen LogP contribution is 2.52. The van der Waals surface area contributed by atoms with Crippen molar-refractivity contribution < 1.29 is 19.1 Å². The zero-order valence-corrected chi connectivity index (χ0v) is 20.2. The Balaban J connectivity index is 1.92. The summed E-state index contributed by atoms with van der Waals surface area (Å²) in [6, 6.07) is 14.1. The van der Waals surface area contributed by atoms with Crippen LogP contribution >= 0.6 is 0 Å². The highest BCUT2D eigenvalue weighted by atomic mass is 16.5. The molecule has 2 aromatic carbocycles. The normalized spacial score (nSPS) is 20.2. The molecule has 1 amide bonds. The molecule has 5 nitrogen and oxygen atoms in total. The number of nitrogens with zero attached hydrogens (tertiary/aromatic N) is 1. The standard InChI is InChI=1S/C28H33NO4/c1-28(2,3)27(31)29-23-14-10-9-13-19(23)21-15-22(25(32-4)17-24(21)29)20(16-26(30)33-5)18-11-7-6-8-12-18/h6-8,11-12,15-17,19,23H,9-10,13-14H2,1-5H3/b20-16+/t19-,23-/m0/s1. The molecular formula is C28H33NO4. The van der Waals surface area contributed by atoms with E-state index < -0.39 is 11.4 Å². The van der Waals surface area contributed by atoms with E-state index in [2.05, 4.69) is 6.07 Å². The monoisotopic (exact) mass is 447 g/mol. The smallest absolute Gasteiger partial charge is 0.331 e. The van der Waals surface area contributed by atoms with Crippen LogP contribution in [-0.2, 0) is 14.3 Å². The summed E-state index contributed by atoms with van der Waals surface area (Å²) in [5.41, 5.74) is 4.12. The number of amides is 1. The van der Waals surface area contributed by atoms with Crippen molar-refractivity contribution in [3.8, 4) is 5.75 Å². The van der Waals surface area contributed by atoms with Crippen molar-refractivity contribution >= 4 is 23.1 Å². The third kappa shape index (κ3) is 4.29. The Morgan fingerprint density at radius 3 is 2.36 bits per heavy atom. The van der Waals surface area contributed by atoms with E-state index in [1.165, 1.54) is 18.7 Å². The summed E-state index contributed by atoms with van der Waals surface area (Å²) in [7, 11) is 3.01. The van der Waals surface area contributed by atoms with Gasteiger partial charge in [-0.3, -0.25) is 4.79 Å². The van der Waals surface area contributed by atoms with Crippen LogP contribution in [-0.4, -0.2) is 32.1 Å². The van der Waals surface area contributed by atoms with E-state index in [4.69, 9.17) is 9.47 Å². The van der Waals surface area contributed by atoms with Gasteiger partial charge in [-0.25, -0.2) is 4.79 Å². The summed E-state index contributed by atoms with van der Waals surface area (Å²) >= 11 is 0. The molecule has 0 unspecified atom stereocenters. The molecule has 4 rings (SSSR count). The van der Waals surface area contributed by atoms with Crippen molar-refractivity contribution in [3.05, 3.63) is 65.2 Å². The Kier molecular flexibility index (Phi) is 6.33. The number of fused-ring (bicyclic) bond motifs is 3. The molecule has 0 N–H and O–H groups in total. The molecule has 1 fully saturated rings. The fraction of sp³-hybridized carbons (Fsp3) is 0.429. The van der Waals surface area contributed by atoms with Gasteiger partial charge in [-0.2, -0.15) is 0 Å². The van der Waals surface area contributed by atoms with Crippen LogP contribution in [0.3, 0.4) is 0 Å². The summed E-state index contributed by atoms with van der Waals surface area (Å²) in [6.07, 6.45) is 5.86. The highest BCUT2D eigenvalue weighted by molar-refractivity contribution is 6.02. The summed E-state index contributed by atoms with van der Waals surface area (Å²) in [5, 5.41) is 0. The number of hydrogen-bond donors (Lipinski definition) is 0. The molecule has 5 heteroatoms. The molecule has 33 heavy (non-hydrogen) atoms. The van der Waals surface area contributed by atoms with Crippen molar-refractivity contribution in [2.75, 3.05) is 19.1 Å². The second-order valence-corrected chi connectivity index (χ2v) is 9.94. The first-order valence-electron chi connectivity index (χ1n) is 11.7. The number of methoxy groups -OCH3 is 2. The van der Waals surface area contributed by atoms with Gasteiger partial charge in [0.1, 0.15) is 5.75 Å². The van der Waals surface area contributed by atoms with E-state index in [-0.39, 0.29) is 11.9 Å². The summed E-state index contributed by atoms with van der Waals surface area (Å²) < 4.78 is 10.8. The molecule has 0 radical (unpaired) electrons. The lowest BCUT2D eigenvalue weighted by molar-refractivity contribution is -0.134. The van der Waals surface area contributed by atoms with Crippen LogP contribution in [0.4, 0.5) is 5.69 Å². The summed E-state index contributed by atoms with van der Waals surface area (Å²) in [6.45, 7) is 5.93. The van der Waals surface area contributed by atoms with Crippen LogP contribution in [0.15, 0.2) is 48.5 Å². The number of carbonyl (C=O) groups excluding carboxylic acids is 2. The van der Waals surface area contributed by atoms with Gasteiger partial charge >= 0.3 is 5.97 Å². The van der Waals surface area contributed by atoms with Crippen molar-refractivity contribution in [1.82, 2.24) is 0 Å². The first-order valence-corrected chi connectivity index (χ1v) is 11.7. The van der Waals surface area contributed by atoms with Gasteiger partial charge in [-0.05, 0) is 35.6 Å². The number of hydrogen-bond acceptors (Lipinski definition) is 4. The summed E-state index contributed by atoms with van der Waals surface area (Å²) in [5.74, 6) is 0.649. The van der Waals surface area contributed by atoms with Gasteiger partial charge in [0.15, 0.2) is 0 Å². The van der Waals surface area contributed by atoms with Crippen LogP contribution in [0.2, 0.25) is 0 Å². The fourth-order valence-electron chi connectivity index (χ4n) is 5.17. The summed E-state index contributed by atoms with van der Waals surface area (Å²) in [4.78, 5) is 27.8. The molecule has 0 saturated heterocycles. The average molecular weight is 448 g/mol. The molecule has 2 atom stereocenters. The maximum atomic E-state index is 13.5. The topological polar surface area (TPSA) is 55.8 Å². The van der Waals surface area contributed by atoms with E-state index in [1.54, 1.807) is 7.11 Å². The molecule has 1 aliphatic heterocycles. The highest BCUT2D eigenvalue weighted by Gasteiger charge is 2.45. The Morgan fingerprint density at radius 1 is 1.03 bits per heavy atom. The molecule has 174 valence electrons. The van der Waals surface area contributed by atoms with Crippen LogP contribution in [0.25, 0.3) is 5.57 Å². The zero-order valence-electron chi connectivity index (χ0n) is 20.2. The number of rotatable bonds is 4. The maximum absolute atomic E-state index is 13.5. The quantitative estimate of drug-likeness (QED) is 0.444. The molecule has 0 bridgehead atoms. The Morgan fingerprint density at radius 2 is 1.73 bits per heavy atom. The lowest BCUT2D eigenvalue weighted by Gasteiger charge is -2.35. The molecule has 0 aromatic heterocycles. The van der Waals surface area contributed by atoms with Gasteiger partial charge in [0.25, 0.3) is 0 Å². The van der Waals surface area contributed by atoms with Crippen LogP contribution in [0.5, 0.6) is 5.75 Å². The minimum atomic E-state index is -0.477. The Bertz CT molecular complexity index is 1080. The van der Waals surface area contributed by atoms with Gasteiger partial charge in [-0.15, -0.1) is 0 Å².